The minimum Gasteiger partial charge on any atom is -0.364 e. The first-order valence-electron chi connectivity index (χ1n) is 11.2. The molecule has 1 amide bonds. The second-order valence-corrected chi connectivity index (χ2v) is 11.7. The van der Waals surface area contributed by atoms with E-state index in [0.717, 1.165) is 30.1 Å². The molecule has 2 heterocycles. The van der Waals surface area contributed by atoms with E-state index in [2.05, 4.69) is 71.1 Å². The molecule has 0 saturated carbocycles. The van der Waals surface area contributed by atoms with E-state index in [1.54, 1.807) is 10.7 Å². The number of amides is 1. The lowest BCUT2D eigenvalue weighted by Gasteiger charge is -2.34. The van der Waals surface area contributed by atoms with Crippen molar-refractivity contribution in [2.45, 2.75) is 78.9 Å². The summed E-state index contributed by atoms with van der Waals surface area (Å²) in [5.41, 5.74) is 0.608. The maximum atomic E-state index is 13.0. The number of nitrogens with zero attached hydrogens (tertiary/aromatic N) is 2. The molecule has 0 aliphatic carbocycles. The molecule has 6 nitrogen and oxygen atoms in total. The fourth-order valence-electron chi connectivity index (χ4n) is 4.36. The molecule has 186 valence electrons. The summed E-state index contributed by atoms with van der Waals surface area (Å²) in [4.78, 5) is 17.8. The summed E-state index contributed by atoms with van der Waals surface area (Å²) in [5, 5.41) is 9.40. The van der Waals surface area contributed by atoms with Crippen molar-refractivity contribution in [3.05, 3.63) is 47.3 Å². The number of fused-ring (bicyclic) bond motifs is 1. The Labute approximate surface area is 198 Å². The number of halogens is 3. The Morgan fingerprint density at radius 2 is 1.59 bits per heavy atom. The van der Waals surface area contributed by atoms with Crippen molar-refractivity contribution in [2.75, 3.05) is 10.6 Å². The summed E-state index contributed by atoms with van der Waals surface area (Å²) in [6, 6.07) is 4.35. The third kappa shape index (κ3) is 5.74. The summed E-state index contributed by atoms with van der Waals surface area (Å²) in [5.74, 6) is 0.322. The molecular formula is C25H34F3N5O. The standard InChI is InChI=1S/C25H34F3N5O/c1-22(2,3)14-24(7,8)32-20-18(23(4,5)6)31-19-17(13-29-33(19)20)21(34)30-16-11-9-15(10-12-16)25(26,27)28/h9-13,29,32H,14H2,1-8H3,(H,30,34). The van der Waals surface area contributed by atoms with Crippen LogP contribution < -0.4 is 10.6 Å². The third-order valence-electron chi connectivity index (χ3n) is 5.31. The van der Waals surface area contributed by atoms with Gasteiger partial charge in [0, 0.05) is 22.8 Å². The second kappa shape index (κ2) is 8.36. The minimum atomic E-state index is -4.43. The van der Waals surface area contributed by atoms with E-state index >= 15 is 0 Å². The smallest absolute Gasteiger partial charge is 0.364 e. The number of alkyl halides is 3. The van der Waals surface area contributed by atoms with E-state index in [4.69, 9.17) is 4.98 Å². The van der Waals surface area contributed by atoms with Crippen LogP contribution in [0, 0.1) is 5.41 Å². The fraction of sp³-hybridized carbons (Fsp3) is 0.520. The number of benzene rings is 1. The predicted octanol–water partition coefficient (Wildman–Crippen LogP) is 6.86. The maximum absolute atomic E-state index is 13.0. The lowest BCUT2D eigenvalue weighted by molar-refractivity contribution is -0.137. The van der Waals surface area contributed by atoms with Crippen molar-refractivity contribution >= 4 is 23.1 Å². The van der Waals surface area contributed by atoms with Gasteiger partial charge in [-0.05, 0) is 49.9 Å². The molecule has 2 aromatic heterocycles. The van der Waals surface area contributed by atoms with Crippen LogP contribution in [-0.4, -0.2) is 26.0 Å². The molecule has 3 N–H and O–H groups in total. The summed E-state index contributed by atoms with van der Waals surface area (Å²) >= 11 is 0. The first kappa shape index (κ1) is 25.6. The summed E-state index contributed by atoms with van der Waals surface area (Å²) in [6.45, 7) is 17.0. The number of rotatable bonds is 5. The van der Waals surface area contributed by atoms with E-state index in [1.807, 2.05) is 0 Å². The Kier molecular flexibility index (Phi) is 6.30. The van der Waals surface area contributed by atoms with Crippen LogP contribution in [-0.2, 0) is 11.6 Å². The monoisotopic (exact) mass is 477 g/mol. The highest BCUT2D eigenvalue weighted by Crippen LogP contribution is 2.36. The number of anilines is 2. The highest BCUT2D eigenvalue weighted by molar-refractivity contribution is 6.08. The van der Waals surface area contributed by atoms with E-state index < -0.39 is 17.6 Å². The Bertz CT molecular complexity index is 1170. The number of nitrogens with one attached hydrogen (secondary N) is 3. The highest BCUT2D eigenvalue weighted by Gasteiger charge is 2.33. The number of H-pyrrole nitrogens is 1. The van der Waals surface area contributed by atoms with Crippen LogP contribution in [0.5, 0.6) is 0 Å². The quantitative estimate of drug-likeness (QED) is 0.376. The van der Waals surface area contributed by atoms with Gasteiger partial charge in [-0.1, -0.05) is 41.5 Å². The Balaban J connectivity index is 1.96. The van der Waals surface area contributed by atoms with E-state index in [9.17, 15) is 18.0 Å². The zero-order valence-corrected chi connectivity index (χ0v) is 21.0. The average molecular weight is 478 g/mol. The molecule has 0 bridgehead atoms. The van der Waals surface area contributed by atoms with Crippen LogP contribution in [0.2, 0.25) is 0 Å². The van der Waals surface area contributed by atoms with Crippen molar-refractivity contribution in [1.29, 1.82) is 0 Å². The number of aromatic amines is 1. The molecule has 0 aliphatic heterocycles. The van der Waals surface area contributed by atoms with E-state index in [1.165, 1.54) is 12.1 Å². The number of carbonyl (C=O) groups is 1. The molecule has 0 spiro atoms. The topological polar surface area (TPSA) is 74.2 Å². The van der Waals surface area contributed by atoms with Crippen molar-refractivity contribution in [2.24, 2.45) is 5.41 Å². The summed E-state index contributed by atoms with van der Waals surface area (Å²) < 4.78 is 40.2. The molecule has 0 fully saturated rings. The normalized spacial score (nSPS) is 13.4. The van der Waals surface area contributed by atoms with Crippen LogP contribution >= 0.6 is 0 Å². The number of carbonyl (C=O) groups excluding carboxylic acids is 1. The van der Waals surface area contributed by atoms with Gasteiger partial charge >= 0.3 is 6.18 Å². The molecule has 0 aliphatic rings. The Hall–Kier alpha value is -2.97. The average Bonchev–Trinajstić information content (AvgIpc) is 3.19. The molecule has 3 aromatic rings. The molecule has 0 atom stereocenters. The molecular weight excluding hydrogens is 443 g/mol. The maximum Gasteiger partial charge on any atom is 0.416 e. The number of hydrogen-bond donors (Lipinski definition) is 3. The van der Waals surface area contributed by atoms with Crippen LogP contribution in [0.1, 0.15) is 83.4 Å². The van der Waals surface area contributed by atoms with Crippen molar-refractivity contribution in [1.82, 2.24) is 14.6 Å². The summed E-state index contributed by atoms with van der Waals surface area (Å²) in [6.07, 6.45) is -1.98. The van der Waals surface area contributed by atoms with Gasteiger partial charge in [-0.25, -0.2) is 9.50 Å². The number of aromatic nitrogens is 3. The number of hydrogen-bond acceptors (Lipinski definition) is 3. The van der Waals surface area contributed by atoms with Gasteiger partial charge < -0.3 is 10.6 Å². The minimum absolute atomic E-state index is 0.102. The van der Waals surface area contributed by atoms with Crippen LogP contribution in [0.15, 0.2) is 30.5 Å². The predicted molar refractivity (Wildman–Crippen MR) is 129 cm³/mol. The van der Waals surface area contributed by atoms with Gasteiger partial charge in [0.05, 0.1) is 11.3 Å². The van der Waals surface area contributed by atoms with Crippen LogP contribution in [0.4, 0.5) is 24.7 Å². The Morgan fingerprint density at radius 3 is 2.09 bits per heavy atom. The molecule has 3 rings (SSSR count). The van der Waals surface area contributed by atoms with Crippen molar-refractivity contribution < 1.29 is 18.0 Å². The van der Waals surface area contributed by atoms with Crippen LogP contribution in [0.3, 0.4) is 0 Å². The van der Waals surface area contributed by atoms with Crippen molar-refractivity contribution in [3.63, 3.8) is 0 Å². The van der Waals surface area contributed by atoms with Crippen LogP contribution in [0.25, 0.3) is 5.65 Å². The largest absolute Gasteiger partial charge is 0.416 e. The summed E-state index contributed by atoms with van der Waals surface area (Å²) in [7, 11) is 0. The zero-order chi connectivity index (χ0) is 25.7. The molecule has 9 heteroatoms. The first-order valence-corrected chi connectivity index (χ1v) is 11.2. The Morgan fingerprint density at radius 1 is 1.00 bits per heavy atom. The lowest BCUT2D eigenvalue weighted by atomic mass is 9.81. The zero-order valence-electron chi connectivity index (χ0n) is 21.0. The molecule has 0 saturated heterocycles. The molecule has 34 heavy (non-hydrogen) atoms. The van der Waals surface area contributed by atoms with Gasteiger partial charge in [0.2, 0.25) is 0 Å². The van der Waals surface area contributed by atoms with Gasteiger partial charge in [0.15, 0.2) is 11.5 Å². The molecule has 0 radical (unpaired) electrons. The third-order valence-corrected chi connectivity index (χ3v) is 5.31. The van der Waals surface area contributed by atoms with Gasteiger partial charge in [-0.2, -0.15) is 13.2 Å². The molecule has 0 unspecified atom stereocenters. The fourth-order valence-corrected chi connectivity index (χ4v) is 4.36. The number of imidazole rings is 1. The first-order chi connectivity index (χ1) is 15.4. The van der Waals surface area contributed by atoms with E-state index in [-0.39, 0.29) is 22.1 Å². The van der Waals surface area contributed by atoms with E-state index in [0.29, 0.717) is 11.2 Å². The lowest BCUT2D eigenvalue weighted by Crippen LogP contribution is -2.36. The van der Waals surface area contributed by atoms with Gasteiger partial charge in [0.25, 0.3) is 5.91 Å². The van der Waals surface area contributed by atoms with Crippen molar-refractivity contribution in [3.8, 4) is 0 Å². The highest BCUT2D eigenvalue weighted by atomic mass is 19.4. The van der Waals surface area contributed by atoms with Gasteiger partial charge in [-0.3, -0.25) is 9.89 Å². The SMILES string of the molecule is CC(C)(C)CC(C)(C)Nc1c(C(C)(C)C)nc2c(C(=O)Nc3ccc(C(F)(F)F)cc3)c[nH]n12. The molecule has 1 aromatic carbocycles. The van der Waals surface area contributed by atoms with Gasteiger partial charge in [-0.15, -0.1) is 0 Å². The second-order valence-electron chi connectivity index (χ2n) is 11.7. The van der Waals surface area contributed by atoms with Gasteiger partial charge in [0.1, 0.15) is 5.56 Å².